The first-order valence-corrected chi connectivity index (χ1v) is 10.3. The summed E-state index contributed by atoms with van der Waals surface area (Å²) in [7, 11) is 1.61. The molecule has 6 rings (SSSR count). The second-order valence-corrected chi connectivity index (χ2v) is 7.52. The Morgan fingerprint density at radius 2 is 2.15 bits per heavy atom. The molecule has 0 saturated heterocycles. The van der Waals surface area contributed by atoms with Gasteiger partial charge in [0.1, 0.15) is 23.0 Å². The van der Waals surface area contributed by atoms with Crippen LogP contribution in [0.4, 0.5) is 0 Å². The number of carbonyl (C=O) groups excluding carboxylic acids is 1. The number of H-pyrrole nitrogens is 1. The van der Waals surface area contributed by atoms with E-state index >= 15 is 0 Å². The van der Waals surface area contributed by atoms with Crippen molar-refractivity contribution in [1.82, 2.24) is 39.7 Å². The fraction of sp³-hybridized carbons (Fsp3) is 0.182. The molecule has 0 radical (unpaired) electrons. The van der Waals surface area contributed by atoms with E-state index in [-0.39, 0.29) is 11.8 Å². The SMILES string of the molecule is COc1cccn2nc(C3c4nc[nH]c4CCN3C(=O)c3nnc(-c4ccccn4)o3)cc12. The first kappa shape index (κ1) is 19.2. The van der Waals surface area contributed by atoms with Gasteiger partial charge in [0.15, 0.2) is 0 Å². The summed E-state index contributed by atoms with van der Waals surface area (Å²) in [4.78, 5) is 27.0. The van der Waals surface area contributed by atoms with E-state index < -0.39 is 11.9 Å². The van der Waals surface area contributed by atoms with E-state index in [0.29, 0.717) is 30.1 Å². The Hall–Kier alpha value is -4.54. The molecule has 6 heterocycles. The average Bonchev–Trinajstić information content (AvgIpc) is 3.62. The van der Waals surface area contributed by atoms with Gasteiger partial charge >= 0.3 is 11.8 Å². The van der Waals surface area contributed by atoms with Gasteiger partial charge in [0.05, 0.1) is 24.8 Å². The smallest absolute Gasteiger partial charge is 0.312 e. The minimum Gasteiger partial charge on any atom is -0.494 e. The van der Waals surface area contributed by atoms with E-state index in [1.165, 1.54) is 0 Å². The molecule has 0 aromatic carbocycles. The van der Waals surface area contributed by atoms with Gasteiger partial charge in [0.25, 0.3) is 5.89 Å². The molecule has 5 aromatic rings. The zero-order valence-electron chi connectivity index (χ0n) is 17.5. The Morgan fingerprint density at radius 1 is 1.21 bits per heavy atom. The van der Waals surface area contributed by atoms with E-state index in [4.69, 9.17) is 14.3 Å². The van der Waals surface area contributed by atoms with E-state index in [2.05, 4.69) is 25.1 Å². The van der Waals surface area contributed by atoms with Gasteiger partial charge in [-0.25, -0.2) is 9.50 Å². The van der Waals surface area contributed by atoms with Crippen molar-refractivity contribution < 1.29 is 13.9 Å². The number of fused-ring (bicyclic) bond motifs is 2. The van der Waals surface area contributed by atoms with Crippen molar-refractivity contribution in [3.8, 4) is 17.3 Å². The Morgan fingerprint density at radius 3 is 3.00 bits per heavy atom. The topological polar surface area (TPSA) is 127 Å². The largest absolute Gasteiger partial charge is 0.494 e. The fourth-order valence-corrected chi connectivity index (χ4v) is 4.13. The maximum absolute atomic E-state index is 13.5. The van der Waals surface area contributed by atoms with E-state index in [1.54, 1.807) is 41.2 Å². The van der Waals surface area contributed by atoms with Crippen molar-refractivity contribution in [2.75, 3.05) is 13.7 Å². The minimum absolute atomic E-state index is 0.110. The molecular formula is C22H18N8O3. The van der Waals surface area contributed by atoms with Crippen molar-refractivity contribution in [3.05, 3.63) is 78.1 Å². The monoisotopic (exact) mass is 442 g/mol. The molecule has 0 spiro atoms. The van der Waals surface area contributed by atoms with Crippen LogP contribution in [0.5, 0.6) is 5.75 Å². The highest BCUT2D eigenvalue weighted by Crippen LogP contribution is 2.35. The van der Waals surface area contributed by atoms with Crippen molar-refractivity contribution >= 4 is 11.4 Å². The number of rotatable bonds is 4. The van der Waals surface area contributed by atoms with Crippen molar-refractivity contribution in [3.63, 3.8) is 0 Å². The third kappa shape index (κ3) is 3.13. The molecule has 1 N–H and O–H groups in total. The Balaban J connectivity index is 1.41. The van der Waals surface area contributed by atoms with Gasteiger partial charge in [-0.3, -0.25) is 9.78 Å². The number of nitrogens with zero attached hydrogens (tertiary/aromatic N) is 7. The molecule has 1 amide bonds. The van der Waals surface area contributed by atoms with Crippen LogP contribution < -0.4 is 4.74 Å². The van der Waals surface area contributed by atoms with Gasteiger partial charge < -0.3 is 19.0 Å². The second kappa shape index (κ2) is 7.55. The number of methoxy groups -OCH3 is 1. The first-order chi connectivity index (χ1) is 16.2. The summed E-state index contributed by atoms with van der Waals surface area (Å²) in [6, 6.07) is 10.4. The molecule has 0 aliphatic carbocycles. The molecule has 0 fully saturated rings. The van der Waals surface area contributed by atoms with Crippen LogP contribution in [0.3, 0.4) is 0 Å². The lowest BCUT2D eigenvalue weighted by Gasteiger charge is -2.32. The molecule has 1 aliphatic heterocycles. The summed E-state index contributed by atoms with van der Waals surface area (Å²) in [5.74, 6) is 0.364. The minimum atomic E-state index is -0.526. The van der Waals surface area contributed by atoms with Crippen molar-refractivity contribution in [2.24, 2.45) is 0 Å². The lowest BCUT2D eigenvalue weighted by atomic mass is 9.99. The lowest BCUT2D eigenvalue weighted by molar-refractivity contribution is 0.0646. The highest BCUT2D eigenvalue weighted by molar-refractivity contribution is 5.90. The predicted octanol–water partition coefficient (Wildman–Crippen LogP) is 2.30. The van der Waals surface area contributed by atoms with Crippen LogP contribution in [0.25, 0.3) is 17.1 Å². The number of imidazole rings is 1. The lowest BCUT2D eigenvalue weighted by Crippen LogP contribution is -2.41. The normalized spacial score (nSPS) is 15.5. The third-order valence-electron chi connectivity index (χ3n) is 5.66. The number of carbonyl (C=O) groups is 1. The number of aromatic nitrogens is 7. The van der Waals surface area contributed by atoms with Crippen LogP contribution in [-0.2, 0) is 6.42 Å². The standard InChI is InChI=1S/C22H18N8O3/c1-32-17-6-4-9-30-16(17)11-15(28-30)19-18-13(24-12-25-18)7-10-29(19)22(31)21-27-26-20(33-21)14-5-2-3-8-23-14/h2-6,8-9,11-12,19H,7,10H2,1H3,(H,24,25). The first-order valence-electron chi connectivity index (χ1n) is 10.3. The van der Waals surface area contributed by atoms with Crippen LogP contribution in [0, 0.1) is 0 Å². The number of nitrogens with one attached hydrogen (secondary N) is 1. The highest BCUT2D eigenvalue weighted by atomic mass is 16.5. The van der Waals surface area contributed by atoms with E-state index in [9.17, 15) is 4.79 Å². The molecule has 164 valence electrons. The molecular weight excluding hydrogens is 424 g/mol. The van der Waals surface area contributed by atoms with Gasteiger partial charge in [-0.05, 0) is 30.3 Å². The molecule has 5 aromatic heterocycles. The van der Waals surface area contributed by atoms with Gasteiger partial charge in [0.2, 0.25) is 0 Å². The van der Waals surface area contributed by atoms with Gasteiger partial charge in [0, 0.05) is 31.1 Å². The van der Waals surface area contributed by atoms with Crippen LogP contribution in [0.1, 0.15) is 33.8 Å². The Bertz CT molecular complexity index is 1450. The summed E-state index contributed by atoms with van der Waals surface area (Å²) < 4.78 is 12.9. The number of pyridine rings is 2. The maximum atomic E-state index is 13.5. The quantitative estimate of drug-likeness (QED) is 0.449. The fourth-order valence-electron chi connectivity index (χ4n) is 4.13. The summed E-state index contributed by atoms with van der Waals surface area (Å²) in [5, 5.41) is 12.7. The van der Waals surface area contributed by atoms with Gasteiger partial charge in [-0.2, -0.15) is 5.10 Å². The molecule has 0 saturated carbocycles. The van der Waals surface area contributed by atoms with E-state index in [0.717, 1.165) is 16.9 Å². The summed E-state index contributed by atoms with van der Waals surface area (Å²) >= 11 is 0. The molecule has 1 atom stereocenters. The summed E-state index contributed by atoms with van der Waals surface area (Å²) in [6.45, 7) is 0.436. The summed E-state index contributed by atoms with van der Waals surface area (Å²) in [6.07, 6.45) is 5.71. The van der Waals surface area contributed by atoms with Crippen molar-refractivity contribution in [2.45, 2.75) is 12.5 Å². The van der Waals surface area contributed by atoms with Crippen LogP contribution in [-0.4, -0.2) is 59.2 Å². The van der Waals surface area contributed by atoms with Crippen LogP contribution >= 0.6 is 0 Å². The highest BCUT2D eigenvalue weighted by Gasteiger charge is 2.38. The molecule has 11 heteroatoms. The maximum Gasteiger partial charge on any atom is 0.312 e. The van der Waals surface area contributed by atoms with Gasteiger partial charge in [-0.1, -0.05) is 6.07 Å². The predicted molar refractivity (Wildman–Crippen MR) is 114 cm³/mol. The molecule has 1 aliphatic rings. The number of amides is 1. The molecule has 1 unspecified atom stereocenters. The number of aromatic amines is 1. The van der Waals surface area contributed by atoms with Crippen LogP contribution in [0.2, 0.25) is 0 Å². The number of ether oxygens (including phenoxy) is 1. The molecule has 33 heavy (non-hydrogen) atoms. The average molecular weight is 442 g/mol. The zero-order valence-corrected chi connectivity index (χ0v) is 17.5. The van der Waals surface area contributed by atoms with Gasteiger partial charge in [-0.15, -0.1) is 10.2 Å². The zero-order chi connectivity index (χ0) is 22.4. The number of hydrogen-bond acceptors (Lipinski definition) is 8. The Labute approximate surface area is 187 Å². The summed E-state index contributed by atoms with van der Waals surface area (Å²) in [5.41, 5.74) is 3.65. The second-order valence-electron chi connectivity index (χ2n) is 7.52. The molecule has 11 nitrogen and oxygen atoms in total. The van der Waals surface area contributed by atoms with E-state index in [1.807, 2.05) is 30.5 Å². The molecule has 0 bridgehead atoms. The number of hydrogen-bond donors (Lipinski definition) is 1. The third-order valence-corrected chi connectivity index (χ3v) is 5.66. The van der Waals surface area contributed by atoms with Crippen LogP contribution in [0.15, 0.2) is 59.5 Å². The Kier molecular flexibility index (Phi) is 4.39. The van der Waals surface area contributed by atoms with Crippen molar-refractivity contribution in [1.29, 1.82) is 0 Å².